The molecule has 1 aliphatic heterocycles. The van der Waals surface area contributed by atoms with Gasteiger partial charge in [0.2, 0.25) is 0 Å². The molecule has 2 unspecified atom stereocenters. The van der Waals surface area contributed by atoms with Crippen LogP contribution in [-0.4, -0.2) is 36.2 Å². The third kappa shape index (κ3) is 4.80. The number of rotatable bonds is 7. The summed E-state index contributed by atoms with van der Waals surface area (Å²) in [6.07, 6.45) is 1.67. The lowest BCUT2D eigenvalue weighted by atomic mass is 9.95. The van der Waals surface area contributed by atoms with Crippen LogP contribution in [0.1, 0.15) is 36.9 Å². The Morgan fingerprint density at radius 1 is 1.22 bits per heavy atom. The fraction of sp³-hybridized carbons (Fsp3) is 0.409. The van der Waals surface area contributed by atoms with Crippen LogP contribution in [0.4, 0.5) is 0 Å². The van der Waals surface area contributed by atoms with E-state index in [1.165, 1.54) is 0 Å². The van der Waals surface area contributed by atoms with E-state index in [0.29, 0.717) is 24.7 Å². The number of aliphatic carboxylic acids is 1. The average molecular weight is 369 g/mol. The number of nitrogens with zero attached hydrogens (tertiary/aromatic N) is 1. The van der Waals surface area contributed by atoms with E-state index in [2.05, 4.69) is 11.8 Å². The summed E-state index contributed by atoms with van der Waals surface area (Å²) in [7, 11) is 1.64. The van der Waals surface area contributed by atoms with Crippen molar-refractivity contribution in [1.82, 2.24) is 4.90 Å². The molecule has 1 N–H and O–H groups in total. The van der Waals surface area contributed by atoms with E-state index < -0.39 is 5.97 Å². The van der Waals surface area contributed by atoms with Crippen LogP contribution in [-0.2, 0) is 11.4 Å². The van der Waals surface area contributed by atoms with Crippen LogP contribution >= 0.6 is 0 Å². The molecule has 2 atom stereocenters. The number of carbonyl (C=O) groups is 1. The van der Waals surface area contributed by atoms with Crippen molar-refractivity contribution < 1.29 is 19.4 Å². The monoisotopic (exact) mass is 369 g/mol. The molecule has 5 heteroatoms. The minimum absolute atomic E-state index is 0.129. The number of piperidine rings is 1. The second-order valence-electron chi connectivity index (χ2n) is 7.03. The molecule has 0 aliphatic carbocycles. The predicted octanol–water partition coefficient (Wildman–Crippen LogP) is 4.13. The van der Waals surface area contributed by atoms with Gasteiger partial charge in [0.1, 0.15) is 6.61 Å². The predicted molar refractivity (Wildman–Crippen MR) is 104 cm³/mol. The molecule has 1 saturated heterocycles. The highest BCUT2D eigenvalue weighted by Gasteiger charge is 2.28. The van der Waals surface area contributed by atoms with Crippen molar-refractivity contribution in [2.24, 2.45) is 5.92 Å². The fourth-order valence-corrected chi connectivity index (χ4v) is 3.57. The van der Waals surface area contributed by atoms with Gasteiger partial charge in [-0.05, 0) is 49.6 Å². The molecular formula is C22H27NO4. The van der Waals surface area contributed by atoms with Gasteiger partial charge in [0, 0.05) is 12.6 Å². The summed E-state index contributed by atoms with van der Waals surface area (Å²) >= 11 is 0. The summed E-state index contributed by atoms with van der Waals surface area (Å²) in [5.74, 6) is 0.423. The number of carboxylic acids is 1. The molecule has 1 heterocycles. The molecule has 0 amide bonds. The maximum atomic E-state index is 11.3. The number of methoxy groups -OCH3 is 1. The summed E-state index contributed by atoms with van der Waals surface area (Å²) in [4.78, 5) is 13.6. The first-order valence-electron chi connectivity index (χ1n) is 9.40. The van der Waals surface area contributed by atoms with Crippen molar-refractivity contribution >= 4 is 5.97 Å². The standard InChI is InChI=1S/C22H27NO4/c1-16(23-12-6-9-19(14-23)22(24)25)18-10-11-20(21(13-18)26-2)27-15-17-7-4-3-5-8-17/h3-5,7-8,10-11,13,16,19H,6,9,12,14-15H2,1-2H3,(H,24,25). The van der Waals surface area contributed by atoms with Gasteiger partial charge in [0.15, 0.2) is 11.5 Å². The molecule has 144 valence electrons. The van der Waals surface area contributed by atoms with Crippen molar-refractivity contribution in [1.29, 1.82) is 0 Å². The van der Waals surface area contributed by atoms with Crippen molar-refractivity contribution in [2.45, 2.75) is 32.4 Å². The zero-order chi connectivity index (χ0) is 19.2. The van der Waals surface area contributed by atoms with Crippen LogP contribution in [0.5, 0.6) is 11.5 Å². The van der Waals surface area contributed by atoms with Gasteiger partial charge in [-0.25, -0.2) is 0 Å². The quantitative estimate of drug-likeness (QED) is 0.795. The molecule has 5 nitrogen and oxygen atoms in total. The Morgan fingerprint density at radius 3 is 2.70 bits per heavy atom. The molecule has 1 aliphatic rings. The smallest absolute Gasteiger partial charge is 0.307 e. The van der Waals surface area contributed by atoms with E-state index in [4.69, 9.17) is 9.47 Å². The summed E-state index contributed by atoms with van der Waals surface area (Å²) < 4.78 is 11.5. The van der Waals surface area contributed by atoms with Gasteiger partial charge in [0.05, 0.1) is 13.0 Å². The van der Waals surface area contributed by atoms with Crippen molar-refractivity contribution in [3.63, 3.8) is 0 Å². The molecule has 2 aromatic carbocycles. The fourth-order valence-electron chi connectivity index (χ4n) is 3.57. The maximum Gasteiger partial charge on any atom is 0.307 e. The summed E-state index contributed by atoms with van der Waals surface area (Å²) in [6, 6.07) is 16.1. The van der Waals surface area contributed by atoms with Gasteiger partial charge in [-0.2, -0.15) is 0 Å². The Balaban J connectivity index is 1.70. The minimum Gasteiger partial charge on any atom is -0.493 e. The Hall–Kier alpha value is -2.53. The molecule has 2 aromatic rings. The number of carboxylic acid groups (broad SMARTS) is 1. The Labute approximate surface area is 160 Å². The zero-order valence-electron chi connectivity index (χ0n) is 15.9. The highest BCUT2D eigenvalue weighted by Crippen LogP contribution is 2.34. The highest BCUT2D eigenvalue weighted by atomic mass is 16.5. The lowest BCUT2D eigenvalue weighted by Crippen LogP contribution is -2.40. The second kappa shape index (κ2) is 8.91. The van der Waals surface area contributed by atoms with E-state index in [-0.39, 0.29) is 12.0 Å². The highest BCUT2D eigenvalue weighted by molar-refractivity contribution is 5.70. The Morgan fingerprint density at radius 2 is 2.00 bits per heavy atom. The van der Waals surface area contributed by atoms with E-state index in [1.807, 2.05) is 48.5 Å². The van der Waals surface area contributed by atoms with Gasteiger partial charge < -0.3 is 14.6 Å². The number of hydrogen-bond donors (Lipinski definition) is 1. The normalized spacial score (nSPS) is 18.7. The molecular weight excluding hydrogens is 342 g/mol. The van der Waals surface area contributed by atoms with Gasteiger partial charge in [-0.3, -0.25) is 9.69 Å². The lowest BCUT2D eigenvalue weighted by molar-refractivity contribution is -0.143. The van der Waals surface area contributed by atoms with Gasteiger partial charge >= 0.3 is 5.97 Å². The van der Waals surface area contributed by atoms with Crippen molar-refractivity contribution in [3.05, 3.63) is 59.7 Å². The van der Waals surface area contributed by atoms with Gasteiger partial charge in [-0.15, -0.1) is 0 Å². The van der Waals surface area contributed by atoms with Crippen LogP contribution in [0.3, 0.4) is 0 Å². The van der Waals surface area contributed by atoms with E-state index >= 15 is 0 Å². The van der Waals surface area contributed by atoms with Crippen LogP contribution in [0.15, 0.2) is 48.5 Å². The average Bonchev–Trinajstić information content (AvgIpc) is 2.72. The second-order valence-corrected chi connectivity index (χ2v) is 7.03. The third-order valence-corrected chi connectivity index (χ3v) is 5.26. The van der Waals surface area contributed by atoms with Gasteiger partial charge in [-0.1, -0.05) is 36.4 Å². The number of likely N-dealkylation sites (tertiary alicyclic amines) is 1. The summed E-state index contributed by atoms with van der Waals surface area (Å²) in [6.45, 7) is 4.10. The molecule has 3 rings (SSSR count). The maximum absolute atomic E-state index is 11.3. The van der Waals surface area contributed by atoms with Crippen LogP contribution < -0.4 is 9.47 Å². The molecule has 0 saturated carbocycles. The number of benzene rings is 2. The molecule has 0 spiro atoms. The van der Waals surface area contributed by atoms with Crippen LogP contribution in [0.25, 0.3) is 0 Å². The van der Waals surface area contributed by atoms with Gasteiger partial charge in [0.25, 0.3) is 0 Å². The first-order chi connectivity index (χ1) is 13.1. The van der Waals surface area contributed by atoms with E-state index in [1.54, 1.807) is 7.11 Å². The van der Waals surface area contributed by atoms with E-state index in [9.17, 15) is 9.90 Å². The van der Waals surface area contributed by atoms with Crippen LogP contribution in [0.2, 0.25) is 0 Å². The molecule has 0 bridgehead atoms. The van der Waals surface area contributed by atoms with E-state index in [0.717, 1.165) is 30.5 Å². The van der Waals surface area contributed by atoms with Crippen LogP contribution in [0, 0.1) is 5.92 Å². The van der Waals surface area contributed by atoms with Crippen molar-refractivity contribution in [2.75, 3.05) is 20.2 Å². The molecule has 0 radical (unpaired) electrons. The zero-order valence-corrected chi connectivity index (χ0v) is 15.9. The lowest BCUT2D eigenvalue weighted by Gasteiger charge is -2.35. The molecule has 27 heavy (non-hydrogen) atoms. The largest absolute Gasteiger partial charge is 0.493 e. The third-order valence-electron chi connectivity index (χ3n) is 5.26. The topological polar surface area (TPSA) is 59.0 Å². The summed E-state index contributed by atoms with van der Waals surface area (Å²) in [5, 5.41) is 9.32. The number of ether oxygens (including phenoxy) is 2. The number of hydrogen-bond acceptors (Lipinski definition) is 4. The SMILES string of the molecule is COc1cc(C(C)N2CCCC(C(=O)O)C2)ccc1OCc1ccccc1. The Kier molecular flexibility index (Phi) is 6.35. The minimum atomic E-state index is -0.700. The Bertz CT molecular complexity index is 762. The molecule has 0 aromatic heterocycles. The van der Waals surface area contributed by atoms with Crippen molar-refractivity contribution in [3.8, 4) is 11.5 Å². The summed E-state index contributed by atoms with van der Waals surface area (Å²) in [5.41, 5.74) is 2.20. The first kappa shape index (κ1) is 19.2. The first-order valence-corrected chi connectivity index (χ1v) is 9.40. The molecule has 1 fully saturated rings.